The molecule has 8 heteroatoms. The van der Waals surface area contributed by atoms with Gasteiger partial charge in [0.1, 0.15) is 17.3 Å². The van der Waals surface area contributed by atoms with E-state index in [0.29, 0.717) is 11.5 Å². The first-order valence-electron chi connectivity index (χ1n) is 9.72. The molecule has 0 amide bonds. The maximum absolute atomic E-state index is 13.5. The lowest BCUT2D eigenvalue weighted by atomic mass is 9.74. The van der Waals surface area contributed by atoms with Crippen molar-refractivity contribution in [3.05, 3.63) is 48.3 Å². The van der Waals surface area contributed by atoms with Crippen LogP contribution >= 0.6 is 0 Å². The largest absolute Gasteiger partial charge is 0.468 e. The van der Waals surface area contributed by atoms with Crippen LogP contribution in [0.5, 0.6) is 0 Å². The van der Waals surface area contributed by atoms with Gasteiger partial charge in [0.05, 0.1) is 62.5 Å². The fourth-order valence-electron chi connectivity index (χ4n) is 3.76. The molecule has 1 saturated heterocycles. The molecule has 0 aliphatic carbocycles. The van der Waals surface area contributed by atoms with Crippen molar-refractivity contribution in [2.24, 2.45) is 11.8 Å². The van der Waals surface area contributed by atoms with Crippen molar-refractivity contribution < 1.29 is 32.7 Å². The van der Waals surface area contributed by atoms with Crippen LogP contribution in [-0.4, -0.2) is 30.9 Å². The molecular formula is C21H25NO7. The molecule has 1 aliphatic rings. The average molecular weight is 403 g/mol. The second kappa shape index (κ2) is 9.56. The van der Waals surface area contributed by atoms with Gasteiger partial charge >= 0.3 is 11.9 Å². The topological polar surface area (TPSA) is 108 Å². The first-order chi connectivity index (χ1) is 14.0. The summed E-state index contributed by atoms with van der Waals surface area (Å²) in [7, 11) is 0. The van der Waals surface area contributed by atoms with Crippen LogP contribution in [-0.2, 0) is 23.9 Å². The summed E-state index contributed by atoms with van der Waals surface area (Å²) in [5.41, 5.74) is 0. The van der Waals surface area contributed by atoms with Gasteiger partial charge in [-0.05, 0) is 38.1 Å². The summed E-state index contributed by atoms with van der Waals surface area (Å²) in [6.45, 7) is 3.86. The van der Waals surface area contributed by atoms with E-state index in [-0.39, 0.29) is 31.8 Å². The van der Waals surface area contributed by atoms with E-state index in [4.69, 9.17) is 18.3 Å². The molecule has 8 nitrogen and oxygen atoms in total. The lowest BCUT2D eigenvalue weighted by Gasteiger charge is -2.39. The normalized spacial score (nSPS) is 24.3. The minimum Gasteiger partial charge on any atom is -0.468 e. The maximum Gasteiger partial charge on any atom is 0.306 e. The number of Topliss-reactive ketones (excluding diaryl/α,β-unsaturated/α-hetero) is 1. The van der Waals surface area contributed by atoms with Crippen molar-refractivity contribution in [2.45, 2.75) is 38.8 Å². The molecule has 2 aromatic rings. The van der Waals surface area contributed by atoms with Crippen molar-refractivity contribution in [2.75, 3.05) is 13.2 Å². The molecule has 156 valence electrons. The molecule has 2 aromatic heterocycles. The van der Waals surface area contributed by atoms with Crippen LogP contribution in [0.3, 0.4) is 0 Å². The van der Waals surface area contributed by atoms with E-state index < -0.39 is 35.9 Å². The number of carbonyl (C=O) groups excluding carboxylic acids is 3. The summed E-state index contributed by atoms with van der Waals surface area (Å²) < 4.78 is 21.2. The predicted molar refractivity (Wildman–Crippen MR) is 101 cm³/mol. The van der Waals surface area contributed by atoms with Crippen LogP contribution in [0.15, 0.2) is 45.6 Å². The highest BCUT2D eigenvalue weighted by molar-refractivity contribution is 5.91. The highest BCUT2D eigenvalue weighted by atomic mass is 16.5. The summed E-state index contributed by atoms with van der Waals surface area (Å²) in [4.78, 5) is 37.8. The van der Waals surface area contributed by atoms with E-state index in [2.05, 4.69) is 5.32 Å². The molecule has 4 atom stereocenters. The van der Waals surface area contributed by atoms with Crippen molar-refractivity contribution in [3.63, 3.8) is 0 Å². The summed E-state index contributed by atoms with van der Waals surface area (Å²) in [5, 5.41) is 3.36. The van der Waals surface area contributed by atoms with Gasteiger partial charge in [-0.1, -0.05) is 0 Å². The monoisotopic (exact) mass is 403 g/mol. The molecule has 0 unspecified atom stereocenters. The number of ketones is 1. The van der Waals surface area contributed by atoms with Crippen molar-refractivity contribution in [1.29, 1.82) is 0 Å². The number of furan rings is 2. The highest BCUT2D eigenvalue weighted by Gasteiger charge is 2.48. The molecule has 1 fully saturated rings. The van der Waals surface area contributed by atoms with Crippen LogP contribution in [0.1, 0.15) is 50.3 Å². The van der Waals surface area contributed by atoms with E-state index in [0.717, 1.165) is 0 Å². The Bertz CT molecular complexity index is 746. The smallest absolute Gasteiger partial charge is 0.306 e. The zero-order chi connectivity index (χ0) is 20.8. The molecule has 0 radical (unpaired) electrons. The van der Waals surface area contributed by atoms with Gasteiger partial charge in [0, 0.05) is 0 Å². The van der Waals surface area contributed by atoms with Crippen LogP contribution in [0.25, 0.3) is 0 Å². The highest BCUT2D eigenvalue weighted by Crippen LogP contribution is 2.41. The molecule has 0 spiro atoms. The molecule has 29 heavy (non-hydrogen) atoms. The Kier molecular flexibility index (Phi) is 6.87. The zero-order valence-electron chi connectivity index (χ0n) is 16.5. The molecular weight excluding hydrogens is 378 g/mol. The summed E-state index contributed by atoms with van der Waals surface area (Å²) >= 11 is 0. The third-order valence-corrected chi connectivity index (χ3v) is 4.98. The number of hydrogen-bond acceptors (Lipinski definition) is 8. The molecule has 1 N–H and O–H groups in total. The molecule has 1 aliphatic heterocycles. The third kappa shape index (κ3) is 4.76. The first-order valence-corrected chi connectivity index (χ1v) is 9.72. The van der Waals surface area contributed by atoms with Gasteiger partial charge in [-0.3, -0.25) is 19.7 Å². The van der Waals surface area contributed by atoms with Gasteiger partial charge < -0.3 is 18.3 Å². The Balaban J connectivity index is 1.94. The lowest BCUT2D eigenvalue weighted by Crippen LogP contribution is -2.49. The van der Waals surface area contributed by atoms with Gasteiger partial charge in [0.15, 0.2) is 0 Å². The molecule has 3 heterocycles. The third-order valence-electron chi connectivity index (χ3n) is 4.98. The number of piperidine rings is 1. The Morgan fingerprint density at radius 1 is 0.897 bits per heavy atom. The fraction of sp³-hybridized carbons (Fsp3) is 0.476. The summed E-state index contributed by atoms with van der Waals surface area (Å²) in [6.07, 6.45) is 2.79. The van der Waals surface area contributed by atoms with Gasteiger partial charge in [-0.25, -0.2) is 0 Å². The number of rotatable bonds is 8. The number of esters is 2. The van der Waals surface area contributed by atoms with E-state index in [1.807, 2.05) is 0 Å². The molecule has 0 aromatic carbocycles. The van der Waals surface area contributed by atoms with Crippen LogP contribution in [0.2, 0.25) is 0 Å². The Morgan fingerprint density at radius 3 is 1.69 bits per heavy atom. The van der Waals surface area contributed by atoms with E-state index in [1.165, 1.54) is 12.5 Å². The van der Waals surface area contributed by atoms with Crippen molar-refractivity contribution in [3.8, 4) is 0 Å². The minimum absolute atomic E-state index is 0.116. The van der Waals surface area contributed by atoms with Crippen molar-refractivity contribution >= 4 is 17.7 Å². The van der Waals surface area contributed by atoms with E-state index in [9.17, 15) is 14.4 Å². The van der Waals surface area contributed by atoms with Crippen LogP contribution in [0.4, 0.5) is 0 Å². The van der Waals surface area contributed by atoms with E-state index >= 15 is 0 Å². The number of carbonyl (C=O) groups is 3. The Hall–Kier alpha value is -2.87. The SMILES string of the molecule is CCOC(=O)C[C@@H]1C(=O)[C@H](CC(=O)OCC)[C@@H](c2ccco2)N[C@H]1c1ccco1. The van der Waals surface area contributed by atoms with Gasteiger partial charge in [-0.15, -0.1) is 0 Å². The number of ether oxygens (including phenoxy) is 2. The minimum atomic E-state index is -0.745. The van der Waals surface area contributed by atoms with Gasteiger partial charge in [0.25, 0.3) is 0 Å². The second-order valence-corrected chi connectivity index (χ2v) is 6.79. The number of nitrogens with one attached hydrogen (secondary N) is 1. The quantitative estimate of drug-likeness (QED) is 0.670. The van der Waals surface area contributed by atoms with Crippen molar-refractivity contribution in [1.82, 2.24) is 5.32 Å². The standard InChI is InChI=1S/C21H25NO7/c1-3-26-17(23)11-13-19(15-7-5-9-28-15)22-20(16-8-6-10-29-16)14(21(13)25)12-18(24)27-4-2/h5-10,13-14,19-20,22H,3-4,11-12H2,1-2H3/t13-,14+,19+,20-. The van der Waals surface area contributed by atoms with Gasteiger partial charge in [0.2, 0.25) is 0 Å². The molecule has 3 rings (SSSR count). The summed E-state index contributed by atoms with van der Waals surface area (Å²) in [6, 6.07) is 5.80. The summed E-state index contributed by atoms with van der Waals surface area (Å²) in [5.74, 6) is -1.62. The molecule has 0 bridgehead atoms. The second-order valence-electron chi connectivity index (χ2n) is 6.79. The van der Waals surface area contributed by atoms with Crippen LogP contribution in [0, 0.1) is 11.8 Å². The van der Waals surface area contributed by atoms with Crippen LogP contribution < -0.4 is 5.32 Å². The zero-order valence-corrected chi connectivity index (χ0v) is 16.5. The van der Waals surface area contributed by atoms with Gasteiger partial charge in [-0.2, -0.15) is 0 Å². The molecule has 0 saturated carbocycles. The lowest BCUT2D eigenvalue weighted by molar-refractivity contribution is -0.152. The Morgan fingerprint density at radius 2 is 1.34 bits per heavy atom. The Labute approximate surface area is 168 Å². The number of hydrogen-bond donors (Lipinski definition) is 1. The average Bonchev–Trinajstić information content (AvgIpc) is 3.39. The van der Waals surface area contributed by atoms with E-state index in [1.54, 1.807) is 38.1 Å². The fourth-order valence-corrected chi connectivity index (χ4v) is 3.76. The first kappa shape index (κ1) is 20.9. The predicted octanol–water partition coefficient (Wildman–Crippen LogP) is 2.97. The maximum atomic E-state index is 13.5.